The van der Waals surface area contributed by atoms with Gasteiger partial charge in [-0.2, -0.15) is 0 Å². The molecule has 3 aromatic rings. The standard InChI is InChI=1S/C22H17NO8/c1-28-19-11-8-14(21(24)30-15-6-4-3-5-7-15)12-17(19)22(25)31-16-9-10-18(23(26)27)20(13-16)29-2/h3-13H,1-2H3. The van der Waals surface area contributed by atoms with Crippen molar-refractivity contribution >= 4 is 17.6 Å². The van der Waals surface area contributed by atoms with Crippen LogP contribution < -0.4 is 18.9 Å². The second kappa shape index (κ2) is 9.40. The molecule has 0 aliphatic heterocycles. The molecule has 9 heteroatoms. The molecule has 0 saturated carbocycles. The van der Waals surface area contributed by atoms with E-state index < -0.39 is 16.9 Å². The Morgan fingerprint density at radius 2 is 1.45 bits per heavy atom. The molecule has 3 aromatic carbocycles. The zero-order chi connectivity index (χ0) is 22.4. The predicted octanol–water partition coefficient (Wildman–Crippen LogP) is 4.05. The number of methoxy groups -OCH3 is 2. The van der Waals surface area contributed by atoms with E-state index in [2.05, 4.69) is 0 Å². The topological polar surface area (TPSA) is 114 Å². The van der Waals surface area contributed by atoms with Crippen molar-refractivity contribution in [2.45, 2.75) is 0 Å². The fourth-order valence-corrected chi connectivity index (χ4v) is 2.68. The first-order valence-corrected chi connectivity index (χ1v) is 8.92. The summed E-state index contributed by atoms with van der Waals surface area (Å²) in [4.78, 5) is 35.5. The molecule has 0 aromatic heterocycles. The molecular formula is C22H17NO8. The Labute approximate surface area is 176 Å². The maximum atomic E-state index is 12.7. The Bertz CT molecular complexity index is 1130. The fourth-order valence-electron chi connectivity index (χ4n) is 2.68. The second-order valence-corrected chi connectivity index (χ2v) is 6.10. The molecule has 0 N–H and O–H groups in total. The lowest BCUT2D eigenvalue weighted by Gasteiger charge is -2.11. The average Bonchev–Trinajstić information content (AvgIpc) is 2.78. The third-order valence-corrected chi connectivity index (χ3v) is 4.17. The van der Waals surface area contributed by atoms with Crippen molar-refractivity contribution in [1.82, 2.24) is 0 Å². The Kier molecular flexibility index (Phi) is 6.46. The lowest BCUT2D eigenvalue weighted by molar-refractivity contribution is -0.385. The molecule has 0 saturated heterocycles. The van der Waals surface area contributed by atoms with Crippen LogP contribution in [0.15, 0.2) is 66.7 Å². The van der Waals surface area contributed by atoms with Crippen molar-refractivity contribution in [3.05, 3.63) is 88.0 Å². The van der Waals surface area contributed by atoms with Gasteiger partial charge in [0.1, 0.15) is 22.8 Å². The van der Waals surface area contributed by atoms with Crippen LogP contribution >= 0.6 is 0 Å². The van der Waals surface area contributed by atoms with Crippen molar-refractivity contribution in [3.8, 4) is 23.0 Å². The van der Waals surface area contributed by atoms with Gasteiger partial charge in [0.2, 0.25) is 5.75 Å². The van der Waals surface area contributed by atoms with Crippen LogP contribution in [-0.2, 0) is 0 Å². The summed E-state index contributed by atoms with van der Waals surface area (Å²) in [6, 6.07) is 16.3. The summed E-state index contributed by atoms with van der Waals surface area (Å²) in [5.74, 6) is -1.02. The van der Waals surface area contributed by atoms with Crippen molar-refractivity contribution in [3.63, 3.8) is 0 Å². The number of benzene rings is 3. The number of carbonyl (C=O) groups is 2. The summed E-state index contributed by atoms with van der Waals surface area (Å²) >= 11 is 0. The largest absolute Gasteiger partial charge is 0.496 e. The summed E-state index contributed by atoms with van der Waals surface area (Å²) in [5.41, 5.74) is -0.189. The van der Waals surface area contributed by atoms with Crippen LogP contribution in [0.25, 0.3) is 0 Å². The number of para-hydroxylation sites is 1. The van der Waals surface area contributed by atoms with Crippen LogP contribution in [0.3, 0.4) is 0 Å². The number of ether oxygens (including phenoxy) is 4. The molecule has 0 spiro atoms. The van der Waals surface area contributed by atoms with Gasteiger partial charge >= 0.3 is 17.6 Å². The molecule has 0 radical (unpaired) electrons. The van der Waals surface area contributed by atoms with Crippen molar-refractivity contribution in [2.24, 2.45) is 0 Å². The van der Waals surface area contributed by atoms with E-state index in [-0.39, 0.29) is 34.1 Å². The highest BCUT2D eigenvalue weighted by Gasteiger charge is 2.21. The van der Waals surface area contributed by atoms with E-state index in [9.17, 15) is 19.7 Å². The molecular weight excluding hydrogens is 406 g/mol. The number of nitrogens with zero attached hydrogens (tertiary/aromatic N) is 1. The van der Waals surface area contributed by atoms with E-state index in [1.54, 1.807) is 30.3 Å². The third-order valence-electron chi connectivity index (χ3n) is 4.17. The number of hydrogen-bond donors (Lipinski definition) is 0. The number of nitro groups is 1. The maximum Gasteiger partial charge on any atom is 0.347 e. The van der Waals surface area contributed by atoms with Crippen molar-refractivity contribution in [1.29, 1.82) is 0 Å². The van der Waals surface area contributed by atoms with Gasteiger partial charge in [0.15, 0.2) is 0 Å². The van der Waals surface area contributed by atoms with E-state index in [0.717, 1.165) is 6.07 Å². The van der Waals surface area contributed by atoms with E-state index in [1.807, 2.05) is 0 Å². The minimum atomic E-state index is -0.831. The molecule has 0 heterocycles. The predicted molar refractivity (Wildman–Crippen MR) is 109 cm³/mol. The molecule has 0 atom stereocenters. The summed E-state index contributed by atoms with van der Waals surface area (Å²) < 4.78 is 20.7. The van der Waals surface area contributed by atoms with Crippen molar-refractivity contribution < 1.29 is 33.5 Å². The smallest absolute Gasteiger partial charge is 0.347 e. The minimum absolute atomic E-state index is 0.0202. The molecule has 158 valence electrons. The van der Waals surface area contributed by atoms with Crippen LogP contribution in [0.1, 0.15) is 20.7 Å². The molecule has 9 nitrogen and oxygen atoms in total. The minimum Gasteiger partial charge on any atom is -0.496 e. The first-order chi connectivity index (χ1) is 14.9. The Hall–Kier alpha value is -4.40. The normalized spacial score (nSPS) is 10.1. The van der Waals surface area contributed by atoms with Gasteiger partial charge < -0.3 is 18.9 Å². The van der Waals surface area contributed by atoms with Gasteiger partial charge in [-0.25, -0.2) is 9.59 Å². The van der Waals surface area contributed by atoms with Gasteiger partial charge in [-0.3, -0.25) is 10.1 Å². The summed E-state index contributed by atoms with van der Waals surface area (Å²) in [7, 11) is 2.63. The molecule has 0 fully saturated rings. The first kappa shape index (κ1) is 21.3. The summed E-state index contributed by atoms with van der Waals surface area (Å²) in [6.07, 6.45) is 0. The van der Waals surface area contributed by atoms with Gasteiger partial charge in [-0.1, -0.05) is 18.2 Å². The molecule has 0 amide bonds. The summed E-state index contributed by atoms with van der Waals surface area (Å²) in [5, 5.41) is 11.0. The number of carbonyl (C=O) groups excluding carboxylic acids is 2. The monoisotopic (exact) mass is 423 g/mol. The van der Waals surface area contributed by atoms with Crippen LogP contribution in [-0.4, -0.2) is 31.1 Å². The average molecular weight is 423 g/mol. The molecule has 0 aliphatic rings. The highest BCUT2D eigenvalue weighted by molar-refractivity contribution is 5.98. The molecule has 0 bridgehead atoms. The van der Waals surface area contributed by atoms with Crippen molar-refractivity contribution in [2.75, 3.05) is 14.2 Å². The van der Waals surface area contributed by atoms with E-state index in [1.165, 1.54) is 44.6 Å². The fraction of sp³-hybridized carbons (Fsp3) is 0.0909. The zero-order valence-electron chi connectivity index (χ0n) is 16.6. The third kappa shape index (κ3) is 4.96. The van der Waals surface area contributed by atoms with Crippen LogP contribution in [0.2, 0.25) is 0 Å². The number of nitro benzene ring substituents is 1. The zero-order valence-corrected chi connectivity index (χ0v) is 16.6. The quantitative estimate of drug-likeness (QED) is 0.242. The number of esters is 2. The van der Waals surface area contributed by atoms with Crippen LogP contribution in [0.4, 0.5) is 5.69 Å². The SMILES string of the molecule is COc1ccc(C(=O)Oc2ccccc2)cc1C(=O)Oc1ccc([N+](=O)[O-])c(OC)c1. The lowest BCUT2D eigenvalue weighted by atomic mass is 10.1. The highest BCUT2D eigenvalue weighted by Crippen LogP contribution is 2.32. The Balaban J connectivity index is 1.85. The van der Waals surface area contributed by atoms with E-state index >= 15 is 0 Å². The van der Waals surface area contributed by atoms with Gasteiger partial charge in [0.25, 0.3) is 0 Å². The first-order valence-electron chi connectivity index (χ1n) is 8.92. The summed E-state index contributed by atoms with van der Waals surface area (Å²) in [6.45, 7) is 0. The van der Waals surface area contributed by atoms with Gasteiger partial charge in [0.05, 0.1) is 24.7 Å². The Morgan fingerprint density at radius 3 is 2.10 bits per heavy atom. The van der Waals surface area contributed by atoms with E-state index in [4.69, 9.17) is 18.9 Å². The molecule has 0 unspecified atom stereocenters. The molecule has 31 heavy (non-hydrogen) atoms. The van der Waals surface area contributed by atoms with Crippen LogP contribution in [0.5, 0.6) is 23.0 Å². The molecule has 3 rings (SSSR count). The number of hydrogen-bond acceptors (Lipinski definition) is 8. The van der Waals surface area contributed by atoms with Crippen LogP contribution in [0, 0.1) is 10.1 Å². The molecule has 0 aliphatic carbocycles. The van der Waals surface area contributed by atoms with E-state index in [0.29, 0.717) is 5.75 Å². The van der Waals surface area contributed by atoms with Gasteiger partial charge in [-0.05, 0) is 36.4 Å². The maximum absolute atomic E-state index is 12.7. The highest BCUT2D eigenvalue weighted by atomic mass is 16.6. The number of rotatable bonds is 7. The lowest BCUT2D eigenvalue weighted by Crippen LogP contribution is -2.14. The van der Waals surface area contributed by atoms with Gasteiger partial charge in [-0.15, -0.1) is 0 Å². The Morgan fingerprint density at radius 1 is 0.774 bits per heavy atom. The van der Waals surface area contributed by atoms with Gasteiger partial charge in [0, 0.05) is 12.1 Å². The second-order valence-electron chi connectivity index (χ2n) is 6.10.